The number of esters is 1. The molecule has 0 saturated heterocycles. The number of rotatable bonds is 8. The van der Waals surface area contributed by atoms with Gasteiger partial charge in [-0.3, -0.25) is 9.59 Å². The summed E-state index contributed by atoms with van der Waals surface area (Å²) in [7, 11) is 0. The largest absolute Gasteiger partial charge is 0.493 e. The Bertz CT molecular complexity index is 918. The van der Waals surface area contributed by atoms with Crippen LogP contribution in [0.25, 0.3) is 6.08 Å². The molecular formula is C25H30O5. The Hall–Kier alpha value is -3.08. The molecule has 0 bridgehead atoms. The van der Waals surface area contributed by atoms with E-state index in [1.165, 1.54) is 6.08 Å². The van der Waals surface area contributed by atoms with Crippen LogP contribution in [-0.4, -0.2) is 25.0 Å². The number of aryl methyl sites for hydroxylation is 1. The van der Waals surface area contributed by atoms with Crippen LogP contribution in [0, 0.1) is 12.3 Å². The lowest BCUT2D eigenvalue weighted by Crippen LogP contribution is -2.25. The molecule has 0 aromatic heterocycles. The highest BCUT2D eigenvalue weighted by molar-refractivity contribution is 6.07. The van der Waals surface area contributed by atoms with E-state index in [1.807, 2.05) is 32.9 Å². The predicted molar refractivity (Wildman–Crippen MR) is 118 cm³/mol. The van der Waals surface area contributed by atoms with Gasteiger partial charge in [-0.2, -0.15) is 0 Å². The summed E-state index contributed by atoms with van der Waals surface area (Å²) < 4.78 is 16.8. The molecule has 2 aromatic rings. The second-order valence-corrected chi connectivity index (χ2v) is 7.85. The summed E-state index contributed by atoms with van der Waals surface area (Å²) in [6.45, 7) is 12.2. The van der Waals surface area contributed by atoms with Gasteiger partial charge in [0.15, 0.2) is 5.78 Å². The SMILES string of the molecule is CCOc1ccc(C)c(OCC)c1C=CC(=O)c1ccc(OC(=O)C(C)(C)C)cc1. The van der Waals surface area contributed by atoms with E-state index in [9.17, 15) is 9.59 Å². The van der Waals surface area contributed by atoms with Crippen molar-refractivity contribution in [1.82, 2.24) is 0 Å². The van der Waals surface area contributed by atoms with E-state index >= 15 is 0 Å². The van der Waals surface area contributed by atoms with Gasteiger partial charge in [-0.1, -0.05) is 6.07 Å². The smallest absolute Gasteiger partial charge is 0.316 e. The number of ketones is 1. The number of allylic oxidation sites excluding steroid dienone is 1. The molecule has 0 N–H and O–H groups in total. The minimum absolute atomic E-state index is 0.171. The summed E-state index contributed by atoms with van der Waals surface area (Å²) in [5.41, 5.74) is 1.60. The van der Waals surface area contributed by atoms with Gasteiger partial charge in [0.25, 0.3) is 0 Å². The summed E-state index contributed by atoms with van der Waals surface area (Å²) >= 11 is 0. The van der Waals surface area contributed by atoms with Crippen LogP contribution in [0.5, 0.6) is 17.2 Å². The van der Waals surface area contributed by atoms with E-state index in [2.05, 4.69) is 0 Å². The highest BCUT2D eigenvalue weighted by atomic mass is 16.5. The van der Waals surface area contributed by atoms with Gasteiger partial charge >= 0.3 is 5.97 Å². The lowest BCUT2D eigenvalue weighted by Gasteiger charge is -2.16. The van der Waals surface area contributed by atoms with Crippen molar-refractivity contribution in [3.63, 3.8) is 0 Å². The topological polar surface area (TPSA) is 61.8 Å². The molecule has 0 unspecified atom stereocenters. The molecule has 160 valence electrons. The standard InChI is InChI=1S/C25H30O5/c1-7-28-22-16-9-17(3)23(29-8-2)20(22)14-15-21(26)18-10-12-19(13-11-18)30-24(27)25(4,5)6/h9-16H,7-8H2,1-6H3. The average Bonchev–Trinajstić information content (AvgIpc) is 2.69. The highest BCUT2D eigenvalue weighted by Gasteiger charge is 2.23. The van der Waals surface area contributed by atoms with Gasteiger partial charge in [0.2, 0.25) is 0 Å². The average molecular weight is 411 g/mol. The zero-order valence-electron chi connectivity index (χ0n) is 18.6. The van der Waals surface area contributed by atoms with Gasteiger partial charge in [0.1, 0.15) is 17.2 Å². The molecule has 30 heavy (non-hydrogen) atoms. The van der Waals surface area contributed by atoms with Crippen LogP contribution < -0.4 is 14.2 Å². The molecular weight excluding hydrogens is 380 g/mol. The molecule has 0 spiro atoms. The van der Waals surface area contributed by atoms with Gasteiger partial charge in [-0.05, 0) is 89.6 Å². The van der Waals surface area contributed by atoms with Crippen LogP contribution in [0.15, 0.2) is 42.5 Å². The summed E-state index contributed by atoms with van der Waals surface area (Å²) in [6.07, 6.45) is 3.22. The Labute approximate surface area is 178 Å². The molecule has 0 amide bonds. The second kappa shape index (κ2) is 10.1. The Kier molecular flexibility index (Phi) is 7.81. The third kappa shape index (κ3) is 5.96. The van der Waals surface area contributed by atoms with Crippen molar-refractivity contribution < 1.29 is 23.8 Å². The maximum Gasteiger partial charge on any atom is 0.316 e. The number of benzene rings is 2. The van der Waals surface area contributed by atoms with Crippen molar-refractivity contribution in [2.75, 3.05) is 13.2 Å². The van der Waals surface area contributed by atoms with Crippen molar-refractivity contribution in [2.45, 2.75) is 41.5 Å². The molecule has 0 radical (unpaired) electrons. The monoisotopic (exact) mass is 410 g/mol. The first-order chi connectivity index (χ1) is 14.2. The number of hydrogen-bond donors (Lipinski definition) is 0. The maximum absolute atomic E-state index is 12.7. The molecule has 0 saturated carbocycles. The van der Waals surface area contributed by atoms with Crippen LogP contribution >= 0.6 is 0 Å². The Morgan fingerprint density at radius 1 is 0.933 bits per heavy atom. The first kappa shape index (κ1) is 23.2. The van der Waals surface area contributed by atoms with E-state index in [-0.39, 0.29) is 11.8 Å². The summed E-state index contributed by atoms with van der Waals surface area (Å²) in [5.74, 6) is 1.28. The van der Waals surface area contributed by atoms with E-state index in [0.29, 0.717) is 36.0 Å². The van der Waals surface area contributed by atoms with Crippen molar-refractivity contribution in [2.24, 2.45) is 5.41 Å². The van der Waals surface area contributed by atoms with Gasteiger partial charge in [0, 0.05) is 5.56 Å². The molecule has 0 fully saturated rings. The predicted octanol–water partition coefficient (Wildman–Crippen LogP) is 5.64. The minimum Gasteiger partial charge on any atom is -0.493 e. The molecule has 2 aromatic carbocycles. The second-order valence-electron chi connectivity index (χ2n) is 7.85. The fourth-order valence-electron chi connectivity index (χ4n) is 2.67. The fourth-order valence-corrected chi connectivity index (χ4v) is 2.67. The van der Waals surface area contributed by atoms with Gasteiger partial charge in [0.05, 0.1) is 24.2 Å². The number of carbonyl (C=O) groups is 2. The van der Waals surface area contributed by atoms with E-state index in [4.69, 9.17) is 14.2 Å². The first-order valence-electron chi connectivity index (χ1n) is 10.1. The zero-order chi connectivity index (χ0) is 22.3. The van der Waals surface area contributed by atoms with Crippen molar-refractivity contribution >= 4 is 17.8 Å². The molecule has 0 aliphatic heterocycles. The van der Waals surface area contributed by atoms with Crippen LogP contribution in [0.3, 0.4) is 0 Å². The van der Waals surface area contributed by atoms with Crippen LogP contribution in [0.1, 0.15) is 56.1 Å². The third-order valence-corrected chi connectivity index (χ3v) is 4.30. The first-order valence-corrected chi connectivity index (χ1v) is 10.1. The lowest BCUT2D eigenvalue weighted by atomic mass is 9.97. The van der Waals surface area contributed by atoms with Crippen molar-refractivity contribution in [3.8, 4) is 17.2 Å². The normalized spacial score (nSPS) is 11.4. The number of hydrogen-bond acceptors (Lipinski definition) is 5. The molecule has 0 atom stereocenters. The molecule has 0 aliphatic rings. The third-order valence-electron chi connectivity index (χ3n) is 4.30. The zero-order valence-corrected chi connectivity index (χ0v) is 18.6. The quantitative estimate of drug-likeness (QED) is 0.244. The molecule has 0 aliphatic carbocycles. The van der Waals surface area contributed by atoms with Gasteiger partial charge in [-0.25, -0.2) is 0 Å². The van der Waals surface area contributed by atoms with E-state index in [0.717, 1.165) is 11.1 Å². The Balaban J connectivity index is 2.23. The van der Waals surface area contributed by atoms with Crippen molar-refractivity contribution in [3.05, 3.63) is 59.2 Å². The highest BCUT2D eigenvalue weighted by Crippen LogP contribution is 2.33. The minimum atomic E-state index is -0.596. The van der Waals surface area contributed by atoms with Crippen molar-refractivity contribution in [1.29, 1.82) is 0 Å². The van der Waals surface area contributed by atoms with Crippen LogP contribution in [0.4, 0.5) is 0 Å². The van der Waals surface area contributed by atoms with Gasteiger partial charge < -0.3 is 14.2 Å². The molecule has 5 nitrogen and oxygen atoms in total. The fraction of sp³-hybridized carbons (Fsp3) is 0.360. The Morgan fingerprint density at radius 2 is 1.57 bits per heavy atom. The Morgan fingerprint density at radius 3 is 2.13 bits per heavy atom. The number of carbonyl (C=O) groups excluding carboxylic acids is 2. The summed E-state index contributed by atoms with van der Waals surface area (Å²) in [5, 5.41) is 0. The molecule has 0 heterocycles. The lowest BCUT2D eigenvalue weighted by molar-refractivity contribution is -0.142. The molecule has 5 heteroatoms. The molecule has 2 rings (SSSR count). The van der Waals surface area contributed by atoms with Crippen LogP contribution in [0.2, 0.25) is 0 Å². The van der Waals surface area contributed by atoms with E-state index < -0.39 is 5.41 Å². The van der Waals surface area contributed by atoms with E-state index in [1.54, 1.807) is 51.1 Å². The maximum atomic E-state index is 12.7. The number of ether oxygens (including phenoxy) is 3. The summed E-state index contributed by atoms with van der Waals surface area (Å²) in [6, 6.07) is 10.3. The van der Waals surface area contributed by atoms with Gasteiger partial charge in [-0.15, -0.1) is 0 Å². The summed E-state index contributed by atoms with van der Waals surface area (Å²) in [4.78, 5) is 24.6. The van der Waals surface area contributed by atoms with Crippen LogP contribution in [-0.2, 0) is 4.79 Å².